The quantitative estimate of drug-likeness (QED) is 0.230. The SMILES string of the molecule is O=C1NC2(Oc3ccc(Br)cc3C3CC(c4ccc(Cl)cc4)=NN32)/C(=C/c2ccc(-c3cc(C(F)(F)F)ccc3Cl)o2)S1. The molecule has 1 spiro atoms. The first-order chi connectivity index (χ1) is 20.5. The van der Waals surface area contributed by atoms with Gasteiger partial charge in [-0.2, -0.15) is 18.3 Å². The zero-order chi connectivity index (χ0) is 30.1. The van der Waals surface area contributed by atoms with Gasteiger partial charge in [0.2, 0.25) is 0 Å². The number of hydrazone groups is 1. The van der Waals surface area contributed by atoms with Gasteiger partial charge in [0.15, 0.2) is 0 Å². The average Bonchev–Trinajstić information content (AvgIpc) is 3.68. The van der Waals surface area contributed by atoms with Crippen molar-refractivity contribution in [2.75, 3.05) is 0 Å². The summed E-state index contributed by atoms with van der Waals surface area (Å²) in [4.78, 5) is 13.4. The third-order valence-corrected chi connectivity index (χ3v) is 9.24. The summed E-state index contributed by atoms with van der Waals surface area (Å²) >= 11 is 16.8. The number of thioether (sulfide) groups is 1. The zero-order valence-corrected chi connectivity index (χ0v) is 25.5. The van der Waals surface area contributed by atoms with Crippen molar-refractivity contribution in [3.05, 3.63) is 115 Å². The maximum absolute atomic E-state index is 13.4. The van der Waals surface area contributed by atoms with E-state index in [0.29, 0.717) is 22.1 Å². The molecule has 7 rings (SSSR count). The first-order valence-electron chi connectivity index (χ1n) is 12.8. The van der Waals surface area contributed by atoms with E-state index in [1.54, 1.807) is 29.3 Å². The number of furan rings is 1. The summed E-state index contributed by atoms with van der Waals surface area (Å²) in [5.41, 5.74) is 1.79. The van der Waals surface area contributed by atoms with Crippen molar-refractivity contribution in [2.24, 2.45) is 5.10 Å². The van der Waals surface area contributed by atoms with E-state index >= 15 is 0 Å². The van der Waals surface area contributed by atoms with Crippen molar-refractivity contribution < 1.29 is 27.1 Å². The van der Waals surface area contributed by atoms with Crippen molar-refractivity contribution in [3.63, 3.8) is 0 Å². The molecule has 1 N–H and O–H groups in total. The fraction of sp³-hybridized carbons (Fsp3) is 0.133. The second-order valence-electron chi connectivity index (χ2n) is 9.96. The van der Waals surface area contributed by atoms with E-state index in [1.165, 1.54) is 12.1 Å². The lowest BCUT2D eigenvalue weighted by molar-refractivity contribution is -0.137. The van der Waals surface area contributed by atoms with Gasteiger partial charge in [-0.25, -0.2) is 5.01 Å². The van der Waals surface area contributed by atoms with Gasteiger partial charge in [-0.05, 0) is 84.1 Å². The first kappa shape index (κ1) is 28.4. The van der Waals surface area contributed by atoms with Gasteiger partial charge in [0.1, 0.15) is 17.3 Å². The molecule has 6 nitrogen and oxygen atoms in total. The highest BCUT2D eigenvalue weighted by molar-refractivity contribution is 9.10. The average molecular weight is 707 g/mol. The number of carbonyl (C=O) groups excluding carboxylic acids is 1. The van der Waals surface area contributed by atoms with E-state index in [9.17, 15) is 18.0 Å². The summed E-state index contributed by atoms with van der Waals surface area (Å²) < 4.78 is 53.4. The molecule has 3 aliphatic heterocycles. The summed E-state index contributed by atoms with van der Waals surface area (Å²) in [5.74, 6) is -0.505. The largest absolute Gasteiger partial charge is 0.457 e. The minimum Gasteiger partial charge on any atom is -0.457 e. The van der Waals surface area contributed by atoms with Gasteiger partial charge >= 0.3 is 12.0 Å². The Morgan fingerprint density at radius 3 is 2.63 bits per heavy atom. The molecule has 2 atom stereocenters. The number of fused-ring (bicyclic) bond motifs is 4. The predicted molar refractivity (Wildman–Crippen MR) is 163 cm³/mol. The molecule has 1 aromatic heterocycles. The van der Waals surface area contributed by atoms with Gasteiger partial charge in [0.05, 0.1) is 27.2 Å². The van der Waals surface area contributed by atoms with Crippen molar-refractivity contribution in [2.45, 2.75) is 24.5 Å². The second-order valence-corrected chi connectivity index (χ2v) is 12.7. The summed E-state index contributed by atoms with van der Waals surface area (Å²) in [7, 11) is 0. The molecule has 13 heteroatoms. The van der Waals surface area contributed by atoms with Crippen molar-refractivity contribution >= 4 is 67.9 Å². The highest BCUT2D eigenvalue weighted by Crippen LogP contribution is 2.53. The van der Waals surface area contributed by atoms with Crippen LogP contribution in [0.5, 0.6) is 5.75 Å². The molecule has 43 heavy (non-hydrogen) atoms. The lowest BCUT2D eigenvalue weighted by Crippen LogP contribution is -2.61. The Morgan fingerprint density at radius 1 is 1.07 bits per heavy atom. The van der Waals surface area contributed by atoms with Crippen LogP contribution < -0.4 is 10.1 Å². The van der Waals surface area contributed by atoms with Crippen molar-refractivity contribution in [3.8, 4) is 17.1 Å². The van der Waals surface area contributed by atoms with E-state index < -0.39 is 17.6 Å². The van der Waals surface area contributed by atoms with Crippen LogP contribution in [0.25, 0.3) is 17.4 Å². The zero-order valence-electron chi connectivity index (χ0n) is 21.6. The third-order valence-electron chi connectivity index (χ3n) is 7.27. The number of benzene rings is 3. The minimum absolute atomic E-state index is 0.0920. The molecule has 218 valence electrons. The summed E-state index contributed by atoms with van der Waals surface area (Å²) in [5, 5.41) is 9.97. The molecule has 0 radical (unpaired) electrons. The maximum atomic E-state index is 13.4. The number of nitrogens with one attached hydrogen (secondary N) is 1. The van der Waals surface area contributed by atoms with Crippen LogP contribution in [0.2, 0.25) is 10.0 Å². The Balaban J connectivity index is 1.32. The van der Waals surface area contributed by atoms with Gasteiger partial charge in [0.25, 0.3) is 5.24 Å². The monoisotopic (exact) mass is 705 g/mol. The van der Waals surface area contributed by atoms with Gasteiger partial charge in [-0.1, -0.05) is 51.3 Å². The standard InChI is InChI=1S/C30H17BrCl2F3N3O3S/c31-17-4-9-26-21(12-17)24-14-23(15-1-5-18(32)6-2-15)38-39(24)30(42-26)27(43-28(40)37-30)13-19-7-10-25(41-19)20-11-16(29(34,35)36)3-8-22(20)33/h1-13,24H,14H2,(H,37,40)/b27-13-. The fourth-order valence-electron chi connectivity index (χ4n) is 5.30. The van der Waals surface area contributed by atoms with Crippen LogP contribution in [0.15, 0.2) is 91.7 Å². The molecule has 0 aliphatic carbocycles. The lowest BCUT2D eigenvalue weighted by Gasteiger charge is -2.45. The summed E-state index contributed by atoms with van der Waals surface area (Å²) in [6.45, 7) is 0. The normalized spacial score (nSPS) is 22.0. The van der Waals surface area contributed by atoms with Crippen molar-refractivity contribution in [1.29, 1.82) is 0 Å². The molecule has 1 amide bonds. The Hall–Kier alpha value is -3.38. The van der Waals surface area contributed by atoms with Crippen LogP contribution in [0.1, 0.15) is 34.9 Å². The van der Waals surface area contributed by atoms with Crippen LogP contribution in [0.4, 0.5) is 18.0 Å². The van der Waals surface area contributed by atoms with E-state index in [4.69, 9.17) is 37.5 Å². The highest BCUT2D eigenvalue weighted by atomic mass is 79.9. The molecule has 1 fully saturated rings. The van der Waals surface area contributed by atoms with Crippen LogP contribution in [-0.2, 0) is 6.18 Å². The van der Waals surface area contributed by atoms with Gasteiger partial charge in [-0.3, -0.25) is 10.1 Å². The molecule has 3 aliphatic rings. The smallest absolute Gasteiger partial charge is 0.416 e. The molecule has 1 saturated heterocycles. The Morgan fingerprint density at radius 2 is 1.86 bits per heavy atom. The molecule has 4 heterocycles. The maximum Gasteiger partial charge on any atom is 0.416 e. The predicted octanol–water partition coefficient (Wildman–Crippen LogP) is 9.73. The molecule has 3 aromatic carbocycles. The molecular weight excluding hydrogens is 690 g/mol. The van der Waals surface area contributed by atoms with Crippen LogP contribution in [0, 0.1) is 0 Å². The van der Waals surface area contributed by atoms with E-state index in [1.807, 2.05) is 30.3 Å². The van der Waals surface area contributed by atoms with Gasteiger partial charge in [0, 0.05) is 27.0 Å². The van der Waals surface area contributed by atoms with Crippen molar-refractivity contribution in [1.82, 2.24) is 10.3 Å². The Labute approximate surface area is 265 Å². The highest BCUT2D eigenvalue weighted by Gasteiger charge is 2.58. The Kier molecular flexibility index (Phi) is 6.84. The van der Waals surface area contributed by atoms with E-state index in [-0.39, 0.29) is 33.4 Å². The number of halogens is 6. The van der Waals surface area contributed by atoms with E-state index in [2.05, 4.69) is 21.2 Å². The number of carbonyl (C=O) groups is 1. The number of alkyl halides is 3. The molecule has 2 unspecified atom stereocenters. The summed E-state index contributed by atoms with van der Waals surface area (Å²) in [6.07, 6.45) is -2.40. The van der Waals surface area contributed by atoms with E-state index in [0.717, 1.165) is 45.2 Å². The molecule has 0 bridgehead atoms. The molecular formula is C30H17BrCl2F3N3O3S. The summed E-state index contributed by atoms with van der Waals surface area (Å²) in [6, 6.07) is 18.9. The van der Waals surface area contributed by atoms with Crippen LogP contribution in [0.3, 0.4) is 0 Å². The number of rotatable bonds is 3. The Bertz CT molecular complexity index is 1860. The first-order valence-corrected chi connectivity index (χ1v) is 15.2. The van der Waals surface area contributed by atoms with Gasteiger partial charge < -0.3 is 9.15 Å². The fourth-order valence-corrected chi connectivity index (χ4v) is 6.90. The number of hydrogen-bond acceptors (Lipinski definition) is 6. The molecule has 0 saturated carbocycles. The topological polar surface area (TPSA) is 67.1 Å². The number of ether oxygens (including phenoxy) is 1. The number of hydrogen-bond donors (Lipinski definition) is 1. The third kappa shape index (κ3) is 5.02. The van der Waals surface area contributed by atoms with Crippen LogP contribution >= 0.6 is 50.9 Å². The number of amides is 1. The second kappa shape index (κ2) is 10.4. The van der Waals surface area contributed by atoms with Gasteiger partial charge in [-0.15, -0.1) is 0 Å². The number of nitrogens with zero attached hydrogens (tertiary/aromatic N) is 2. The van der Waals surface area contributed by atoms with Crippen LogP contribution in [-0.4, -0.2) is 21.8 Å². The minimum atomic E-state index is -4.54. The lowest BCUT2D eigenvalue weighted by atomic mass is 9.96. The molecule has 4 aromatic rings.